The molecule has 4 aromatic rings. The highest BCUT2D eigenvalue weighted by atomic mass is 19.4. The van der Waals surface area contributed by atoms with Gasteiger partial charge in [0.25, 0.3) is 0 Å². The molecule has 0 saturated carbocycles. The third-order valence-corrected chi connectivity index (χ3v) is 5.49. The van der Waals surface area contributed by atoms with Crippen molar-refractivity contribution >= 4 is 11.5 Å². The highest BCUT2D eigenvalue weighted by molar-refractivity contribution is 5.81. The van der Waals surface area contributed by atoms with E-state index in [9.17, 15) is 13.2 Å². The monoisotopic (exact) mass is 470 g/mol. The first-order valence-corrected chi connectivity index (χ1v) is 10.7. The van der Waals surface area contributed by atoms with Crippen LogP contribution in [0.4, 0.5) is 19.0 Å². The van der Waals surface area contributed by atoms with Crippen LogP contribution in [0.1, 0.15) is 22.5 Å². The van der Waals surface area contributed by atoms with Crippen molar-refractivity contribution in [1.82, 2.24) is 14.6 Å². The van der Waals surface area contributed by atoms with Gasteiger partial charge in [-0.15, -0.1) is 0 Å². The summed E-state index contributed by atoms with van der Waals surface area (Å²) >= 11 is 0. The van der Waals surface area contributed by atoms with E-state index in [1.54, 1.807) is 51.5 Å². The number of halogens is 3. The average molecular weight is 470 g/mol. The minimum atomic E-state index is -4.63. The zero-order valence-corrected chi connectivity index (χ0v) is 19.3. The number of hydrogen-bond acceptors (Lipinski definition) is 5. The minimum Gasteiger partial charge on any atom is -0.493 e. The Balaban J connectivity index is 1.69. The topological polar surface area (TPSA) is 60.7 Å². The molecule has 0 saturated heterocycles. The molecule has 1 N–H and O–H groups in total. The Labute approximate surface area is 195 Å². The van der Waals surface area contributed by atoms with Gasteiger partial charge < -0.3 is 14.8 Å². The van der Waals surface area contributed by atoms with Crippen molar-refractivity contribution in [3.05, 3.63) is 71.0 Å². The smallest absolute Gasteiger partial charge is 0.435 e. The highest BCUT2D eigenvalue weighted by Crippen LogP contribution is 2.39. The molecule has 0 unspecified atom stereocenters. The highest BCUT2D eigenvalue weighted by Gasteiger charge is 2.39. The summed E-state index contributed by atoms with van der Waals surface area (Å²) in [5.41, 5.74) is 2.12. The van der Waals surface area contributed by atoms with Crippen molar-refractivity contribution in [1.29, 1.82) is 0 Å². The number of fused-ring (bicyclic) bond motifs is 1. The van der Waals surface area contributed by atoms with E-state index in [0.717, 1.165) is 11.1 Å². The van der Waals surface area contributed by atoms with Crippen LogP contribution in [0.3, 0.4) is 0 Å². The van der Waals surface area contributed by atoms with E-state index in [1.165, 1.54) is 4.52 Å². The van der Waals surface area contributed by atoms with Crippen LogP contribution in [-0.4, -0.2) is 35.4 Å². The van der Waals surface area contributed by atoms with Gasteiger partial charge in [-0.3, -0.25) is 0 Å². The number of alkyl halides is 3. The number of benzene rings is 2. The van der Waals surface area contributed by atoms with Gasteiger partial charge in [0.2, 0.25) is 0 Å². The SMILES string of the molecule is COc1ccc(CCNc2cc(C)nc3c(-c4ccc(C)cc4)c(C(F)(F)F)nn23)cc1OC. The molecular formula is C25H25F3N4O2. The van der Waals surface area contributed by atoms with Crippen LogP contribution in [0, 0.1) is 13.8 Å². The molecule has 0 spiro atoms. The van der Waals surface area contributed by atoms with Gasteiger partial charge >= 0.3 is 6.18 Å². The summed E-state index contributed by atoms with van der Waals surface area (Å²) in [6.07, 6.45) is -4.01. The van der Waals surface area contributed by atoms with E-state index in [0.29, 0.717) is 41.5 Å². The fourth-order valence-electron chi connectivity index (χ4n) is 3.82. The largest absolute Gasteiger partial charge is 0.493 e. The lowest BCUT2D eigenvalue weighted by Crippen LogP contribution is -2.11. The van der Waals surface area contributed by atoms with Gasteiger partial charge in [-0.2, -0.15) is 22.8 Å². The second kappa shape index (κ2) is 9.24. The zero-order chi connectivity index (χ0) is 24.5. The summed E-state index contributed by atoms with van der Waals surface area (Å²) in [6.45, 7) is 4.10. The molecule has 34 heavy (non-hydrogen) atoms. The van der Waals surface area contributed by atoms with E-state index in [-0.39, 0.29) is 11.2 Å². The summed E-state index contributed by atoms with van der Waals surface area (Å²) in [6, 6.07) is 14.2. The molecular weight excluding hydrogens is 445 g/mol. The molecule has 178 valence electrons. The summed E-state index contributed by atoms with van der Waals surface area (Å²) in [4.78, 5) is 4.41. The predicted molar refractivity (Wildman–Crippen MR) is 125 cm³/mol. The van der Waals surface area contributed by atoms with Crippen LogP contribution >= 0.6 is 0 Å². The van der Waals surface area contributed by atoms with Crippen molar-refractivity contribution in [2.75, 3.05) is 26.1 Å². The van der Waals surface area contributed by atoms with Crippen LogP contribution in [0.2, 0.25) is 0 Å². The van der Waals surface area contributed by atoms with Gasteiger partial charge in [0.05, 0.1) is 19.8 Å². The second-order valence-electron chi connectivity index (χ2n) is 7.97. The van der Waals surface area contributed by atoms with Crippen LogP contribution in [0.15, 0.2) is 48.5 Å². The quantitative estimate of drug-likeness (QED) is 0.375. The number of anilines is 1. The lowest BCUT2D eigenvalue weighted by atomic mass is 10.0. The molecule has 2 heterocycles. The number of rotatable bonds is 7. The molecule has 4 rings (SSSR count). The van der Waals surface area contributed by atoms with E-state index >= 15 is 0 Å². The number of hydrogen-bond donors (Lipinski definition) is 1. The number of ether oxygens (including phenoxy) is 2. The zero-order valence-electron chi connectivity index (χ0n) is 19.3. The Morgan fingerprint density at radius 1 is 0.941 bits per heavy atom. The summed E-state index contributed by atoms with van der Waals surface area (Å²) < 4.78 is 53.7. The number of aryl methyl sites for hydroxylation is 2. The van der Waals surface area contributed by atoms with Gasteiger partial charge in [0.1, 0.15) is 5.82 Å². The molecule has 2 aromatic carbocycles. The number of nitrogens with one attached hydrogen (secondary N) is 1. The van der Waals surface area contributed by atoms with E-state index in [2.05, 4.69) is 15.4 Å². The summed E-state index contributed by atoms with van der Waals surface area (Å²) in [7, 11) is 3.14. The third-order valence-electron chi connectivity index (χ3n) is 5.49. The Hall–Kier alpha value is -3.75. The Bertz CT molecular complexity index is 1310. The predicted octanol–water partition coefficient (Wildman–Crippen LogP) is 5.70. The maximum Gasteiger partial charge on any atom is 0.435 e. The fraction of sp³-hybridized carbons (Fsp3) is 0.280. The summed E-state index contributed by atoms with van der Waals surface area (Å²) in [5, 5.41) is 7.15. The lowest BCUT2D eigenvalue weighted by molar-refractivity contribution is -0.140. The molecule has 2 aromatic heterocycles. The minimum absolute atomic E-state index is 0.0286. The van der Waals surface area contributed by atoms with Crippen LogP contribution in [0.5, 0.6) is 11.5 Å². The van der Waals surface area contributed by atoms with Gasteiger partial charge in [0.15, 0.2) is 22.8 Å². The molecule has 0 aliphatic carbocycles. The molecule has 0 atom stereocenters. The van der Waals surface area contributed by atoms with Crippen LogP contribution in [0.25, 0.3) is 16.8 Å². The maximum atomic E-state index is 13.9. The molecule has 0 aliphatic heterocycles. The van der Waals surface area contributed by atoms with E-state index in [1.807, 2.05) is 25.1 Å². The molecule has 9 heteroatoms. The average Bonchev–Trinajstić information content (AvgIpc) is 3.19. The molecule has 0 bridgehead atoms. The molecule has 0 fully saturated rings. The molecule has 0 amide bonds. The first kappa shape index (κ1) is 23.4. The molecule has 0 radical (unpaired) electrons. The molecule has 6 nitrogen and oxygen atoms in total. The normalized spacial score (nSPS) is 11.6. The van der Waals surface area contributed by atoms with E-state index < -0.39 is 11.9 Å². The number of methoxy groups -OCH3 is 2. The van der Waals surface area contributed by atoms with Crippen molar-refractivity contribution in [2.45, 2.75) is 26.4 Å². The Morgan fingerprint density at radius 2 is 1.65 bits per heavy atom. The van der Waals surface area contributed by atoms with Crippen LogP contribution in [-0.2, 0) is 12.6 Å². The third kappa shape index (κ3) is 4.64. The Kier molecular flexibility index (Phi) is 6.37. The summed E-state index contributed by atoms with van der Waals surface area (Å²) in [5.74, 6) is 1.68. The first-order chi connectivity index (χ1) is 16.2. The second-order valence-corrected chi connectivity index (χ2v) is 7.97. The van der Waals surface area contributed by atoms with Gasteiger partial charge in [-0.05, 0) is 43.5 Å². The standard InChI is InChI=1S/C25H25F3N4O2/c1-15-5-8-18(9-6-15)22-23(25(26,27)28)31-32-21(13-16(2)30-24(22)32)29-12-11-17-7-10-19(33-3)20(14-17)34-4/h5-10,13-14,29H,11-12H2,1-4H3. The van der Waals surface area contributed by atoms with Crippen molar-refractivity contribution < 1.29 is 22.6 Å². The Morgan fingerprint density at radius 3 is 2.29 bits per heavy atom. The van der Waals surface area contributed by atoms with Crippen molar-refractivity contribution in [3.8, 4) is 22.6 Å². The lowest BCUT2D eigenvalue weighted by Gasteiger charge is -2.12. The van der Waals surface area contributed by atoms with Crippen molar-refractivity contribution in [3.63, 3.8) is 0 Å². The van der Waals surface area contributed by atoms with Gasteiger partial charge in [0, 0.05) is 18.3 Å². The van der Waals surface area contributed by atoms with E-state index in [4.69, 9.17) is 9.47 Å². The van der Waals surface area contributed by atoms with Crippen molar-refractivity contribution in [2.24, 2.45) is 0 Å². The van der Waals surface area contributed by atoms with Gasteiger partial charge in [-0.25, -0.2) is 4.98 Å². The number of nitrogens with zero attached hydrogens (tertiary/aromatic N) is 3. The first-order valence-electron chi connectivity index (χ1n) is 10.7. The number of aromatic nitrogens is 3. The fourth-order valence-corrected chi connectivity index (χ4v) is 3.82. The molecule has 0 aliphatic rings. The van der Waals surface area contributed by atoms with Gasteiger partial charge in [-0.1, -0.05) is 35.9 Å². The maximum absolute atomic E-state index is 13.9. The van der Waals surface area contributed by atoms with Crippen LogP contribution < -0.4 is 14.8 Å².